The molecule has 9 heteroatoms. The molecule has 0 aromatic heterocycles. The fraction of sp³-hybridized carbons (Fsp3) is 0.208. The highest BCUT2D eigenvalue weighted by Gasteiger charge is 2.30. The summed E-state index contributed by atoms with van der Waals surface area (Å²) >= 11 is 4.87. The van der Waals surface area contributed by atoms with Crippen molar-refractivity contribution in [1.29, 1.82) is 0 Å². The van der Waals surface area contributed by atoms with Crippen LogP contribution in [0.4, 0.5) is 13.2 Å². The van der Waals surface area contributed by atoms with Crippen LogP contribution >= 0.6 is 27.7 Å². The monoisotopic (exact) mass is 540 g/mol. The van der Waals surface area contributed by atoms with E-state index in [0.717, 1.165) is 32.0 Å². The van der Waals surface area contributed by atoms with Gasteiger partial charge in [-0.15, -0.1) is 0 Å². The van der Waals surface area contributed by atoms with Gasteiger partial charge in [0.15, 0.2) is 6.61 Å². The molecular weight excluding hydrogens is 521 g/mol. The highest BCUT2D eigenvalue weighted by atomic mass is 79.9. The molecule has 0 heterocycles. The Bertz CT molecular complexity index is 1130. The lowest BCUT2D eigenvalue weighted by molar-refractivity contribution is -0.145. The smallest absolute Gasteiger partial charge is 0.416 e. The van der Waals surface area contributed by atoms with Crippen molar-refractivity contribution in [3.63, 3.8) is 0 Å². The van der Waals surface area contributed by atoms with Gasteiger partial charge < -0.3 is 14.2 Å². The van der Waals surface area contributed by atoms with Gasteiger partial charge >= 0.3 is 12.1 Å². The highest BCUT2D eigenvalue weighted by Crippen LogP contribution is 2.37. The van der Waals surface area contributed by atoms with Crippen LogP contribution in [0.2, 0.25) is 0 Å². The first-order valence-electron chi connectivity index (χ1n) is 9.86. The minimum atomic E-state index is -4.44. The maximum atomic E-state index is 13.0. The number of esters is 1. The molecule has 0 radical (unpaired) electrons. The average Bonchev–Trinajstić information content (AvgIpc) is 2.72. The molecule has 0 aliphatic carbocycles. The molecule has 3 aromatic rings. The predicted molar refractivity (Wildman–Crippen MR) is 123 cm³/mol. The van der Waals surface area contributed by atoms with Gasteiger partial charge in [0.05, 0.1) is 12.2 Å². The van der Waals surface area contributed by atoms with Gasteiger partial charge in [0.1, 0.15) is 17.2 Å². The van der Waals surface area contributed by atoms with Crippen LogP contribution < -0.4 is 9.47 Å². The summed E-state index contributed by atoms with van der Waals surface area (Å²) in [5.41, 5.74) is 0.0741. The molecule has 0 amide bonds. The Morgan fingerprint density at radius 1 is 1.00 bits per heavy atom. The zero-order valence-electron chi connectivity index (χ0n) is 17.7. The SMILES string of the molecule is CCOC(=O)COc1ccc(Sc2cc(Br)cc(Oc3cccc(C(F)(F)F)c3)c2)cc1C. The van der Waals surface area contributed by atoms with Gasteiger partial charge in [-0.1, -0.05) is 33.8 Å². The first kappa shape index (κ1) is 25.0. The molecular formula is C24H20BrF3O4S. The molecule has 4 nitrogen and oxygen atoms in total. The van der Waals surface area contributed by atoms with Crippen molar-refractivity contribution in [2.24, 2.45) is 0 Å². The second kappa shape index (κ2) is 11.0. The van der Waals surface area contributed by atoms with Gasteiger partial charge in [0, 0.05) is 14.3 Å². The number of aryl methyl sites for hydroxylation is 1. The van der Waals surface area contributed by atoms with Crippen LogP contribution in [0.3, 0.4) is 0 Å². The Balaban J connectivity index is 1.72. The number of hydrogen-bond donors (Lipinski definition) is 0. The number of carbonyl (C=O) groups is 1. The minimum absolute atomic E-state index is 0.0952. The average molecular weight is 541 g/mol. The fourth-order valence-corrected chi connectivity index (χ4v) is 4.48. The molecule has 3 aromatic carbocycles. The normalized spacial score (nSPS) is 11.2. The Morgan fingerprint density at radius 3 is 2.48 bits per heavy atom. The molecule has 33 heavy (non-hydrogen) atoms. The minimum Gasteiger partial charge on any atom is -0.482 e. The van der Waals surface area contributed by atoms with E-state index in [0.29, 0.717) is 18.1 Å². The topological polar surface area (TPSA) is 44.8 Å². The van der Waals surface area contributed by atoms with Crippen molar-refractivity contribution < 1.29 is 32.2 Å². The second-order valence-corrected chi connectivity index (χ2v) is 8.94. The third-order valence-corrected chi connectivity index (χ3v) is 5.69. The van der Waals surface area contributed by atoms with Crippen molar-refractivity contribution in [2.75, 3.05) is 13.2 Å². The number of rotatable bonds is 8. The van der Waals surface area contributed by atoms with E-state index in [-0.39, 0.29) is 12.4 Å². The molecule has 0 fully saturated rings. The van der Waals surface area contributed by atoms with E-state index < -0.39 is 17.7 Å². The molecule has 0 saturated carbocycles. The van der Waals surface area contributed by atoms with Crippen molar-refractivity contribution in [1.82, 2.24) is 0 Å². The molecule has 3 rings (SSSR count). The van der Waals surface area contributed by atoms with Crippen LogP contribution in [0.25, 0.3) is 0 Å². The summed E-state index contributed by atoms with van der Waals surface area (Å²) in [6.45, 7) is 3.73. The van der Waals surface area contributed by atoms with Crippen molar-refractivity contribution in [3.8, 4) is 17.2 Å². The summed E-state index contributed by atoms with van der Waals surface area (Å²) in [5, 5.41) is 0. The van der Waals surface area contributed by atoms with Gasteiger partial charge in [0.25, 0.3) is 0 Å². The van der Waals surface area contributed by atoms with E-state index in [2.05, 4.69) is 15.9 Å². The van der Waals surface area contributed by atoms with Crippen LogP contribution in [-0.4, -0.2) is 19.2 Å². The third kappa shape index (κ3) is 7.43. The lowest BCUT2D eigenvalue weighted by atomic mass is 10.2. The largest absolute Gasteiger partial charge is 0.482 e. The lowest BCUT2D eigenvalue weighted by Gasteiger charge is -2.12. The molecule has 0 saturated heterocycles. The zero-order chi connectivity index (χ0) is 24.0. The summed E-state index contributed by atoms with van der Waals surface area (Å²) in [6, 6.07) is 15.6. The molecule has 174 valence electrons. The number of ether oxygens (including phenoxy) is 3. The van der Waals surface area contributed by atoms with E-state index in [1.807, 2.05) is 25.1 Å². The third-order valence-electron chi connectivity index (χ3n) is 4.27. The Kier molecular flexibility index (Phi) is 8.31. The van der Waals surface area contributed by atoms with E-state index >= 15 is 0 Å². The molecule has 0 atom stereocenters. The van der Waals surface area contributed by atoms with E-state index in [1.54, 1.807) is 25.1 Å². The molecule has 0 N–H and O–H groups in total. The summed E-state index contributed by atoms with van der Waals surface area (Å²) in [4.78, 5) is 13.2. The molecule has 0 unspecified atom stereocenters. The molecule has 0 aliphatic rings. The molecule has 0 spiro atoms. The van der Waals surface area contributed by atoms with Crippen molar-refractivity contribution in [2.45, 2.75) is 29.8 Å². The maximum absolute atomic E-state index is 13.0. The second-order valence-electron chi connectivity index (χ2n) is 6.87. The van der Waals surface area contributed by atoms with Crippen molar-refractivity contribution in [3.05, 3.63) is 76.3 Å². The van der Waals surface area contributed by atoms with Crippen molar-refractivity contribution >= 4 is 33.7 Å². The summed E-state index contributed by atoms with van der Waals surface area (Å²) in [7, 11) is 0. The zero-order valence-corrected chi connectivity index (χ0v) is 20.1. The number of benzene rings is 3. The van der Waals surface area contributed by atoms with Crippen LogP contribution in [0.15, 0.2) is 74.9 Å². The fourth-order valence-electron chi connectivity index (χ4n) is 2.85. The van der Waals surface area contributed by atoms with Gasteiger partial charge in [-0.2, -0.15) is 13.2 Å². The Labute approximate surface area is 202 Å². The maximum Gasteiger partial charge on any atom is 0.416 e. The number of halogens is 4. The van der Waals surface area contributed by atoms with E-state index in [4.69, 9.17) is 14.2 Å². The number of carbonyl (C=O) groups excluding carboxylic acids is 1. The van der Waals surface area contributed by atoms with Crippen LogP contribution in [0, 0.1) is 6.92 Å². The summed E-state index contributed by atoms with van der Waals surface area (Å²) in [5.74, 6) is 0.642. The van der Waals surface area contributed by atoms with Gasteiger partial charge in [-0.25, -0.2) is 4.79 Å². The van der Waals surface area contributed by atoms with Gasteiger partial charge in [-0.05, 0) is 74.0 Å². The molecule has 0 bridgehead atoms. The first-order valence-corrected chi connectivity index (χ1v) is 11.5. The van der Waals surface area contributed by atoms with E-state index in [1.165, 1.54) is 23.9 Å². The quantitative estimate of drug-likeness (QED) is 0.274. The molecule has 0 aliphatic heterocycles. The van der Waals surface area contributed by atoms with Crippen LogP contribution in [-0.2, 0) is 15.7 Å². The number of hydrogen-bond acceptors (Lipinski definition) is 5. The predicted octanol–water partition coefficient (Wildman–Crippen LogP) is 7.66. The Hall–Kier alpha value is -2.65. The Morgan fingerprint density at radius 2 is 1.79 bits per heavy atom. The van der Waals surface area contributed by atoms with Crippen LogP contribution in [0.5, 0.6) is 17.2 Å². The van der Waals surface area contributed by atoms with Crippen LogP contribution in [0.1, 0.15) is 18.1 Å². The van der Waals surface area contributed by atoms with E-state index in [9.17, 15) is 18.0 Å². The highest BCUT2D eigenvalue weighted by molar-refractivity contribution is 9.10. The van der Waals surface area contributed by atoms with Gasteiger partial charge in [-0.3, -0.25) is 0 Å². The number of alkyl halides is 3. The lowest BCUT2D eigenvalue weighted by Crippen LogP contribution is -2.14. The van der Waals surface area contributed by atoms with Gasteiger partial charge in [0.2, 0.25) is 0 Å². The summed E-state index contributed by atoms with van der Waals surface area (Å²) < 4.78 is 55.7. The first-order chi connectivity index (χ1) is 15.6. The summed E-state index contributed by atoms with van der Waals surface area (Å²) in [6.07, 6.45) is -4.44. The standard InChI is InChI=1S/C24H20BrF3O4S/c1-3-30-23(29)14-31-22-8-7-20(9-15(22)2)33-21-12-17(25)11-19(13-21)32-18-6-4-5-16(10-18)24(26,27)28/h4-13H,3,14H2,1-2H3.